The number of benzene rings is 1. The smallest absolute Gasteiger partial charge is 0.233 e. The van der Waals surface area contributed by atoms with E-state index in [0.717, 1.165) is 12.8 Å². The van der Waals surface area contributed by atoms with Crippen LogP contribution in [0.5, 0.6) is 5.75 Å². The highest BCUT2D eigenvalue weighted by Crippen LogP contribution is 2.25. The molecule has 2 fully saturated rings. The monoisotopic (exact) mass is 457 g/mol. The SMILES string of the molecule is COc1ccc(Nc2nc(NC3CCCCCC3)nc(N3CCN(C(C)=O)CC3)n2)cc1F. The summed E-state index contributed by atoms with van der Waals surface area (Å²) >= 11 is 0. The molecule has 0 bridgehead atoms. The number of aromatic nitrogens is 3. The van der Waals surface area contributed by atoms with Crippen molar-refractivity contribution in [2.75, 3.05) is 48.8 Å². The molecule has 2 aliphatic rings. The van der Waals surface area contributed by atoms with Crippen molar-refractivity contribution in [3.63, 3.8) is 0 Å². The summed E-state index contributed by atoms with van der Waals surface area (Å²) in [5.41, 5.74) is 0.521. The fourth-order valence-electron chi connectivity index (χ4n) is 4.33. The second-order valence-corrected chi connectivity index (χ2v) is 8.58. The molecule has 10 heteroatoms. The molecule has 1 aromatic heterocycles. The van der Waals surface area contributed by atoms with E-state index in [1.54, 1.807) is 19.1 Å². The molecular formula is C23H32FN7O2. The van der Waals surface area contributed by atoms with Crippen molar-refractivity contribution in [3.05, 3.63) is 24.0 Å². The summed E-state index contributed by atoms with van der Waals surface area (Å²) in [6.07, 6.45) is 7.08. The molecule has 0 unspecified atom stereocenters. The molecule has 0 radical (unpaired) electrons. The number of methoxy groups -OCH3 is 1. The minimum absolute atomic E-state index is 0.0740. The lowest BCUT2D eigenvalue weighted by Crippen LogP contribution is -2.48. The fraction of sp³-hybridized carbons (Fsp3) is 0.565. The normalized spacial score (nSPS) is 17.4. The van der Waals surface area contributed by atoms with Gasteiger partial charge in [0.15, 0.2) is 11.6 Å². The number of ether oxygens (including phenoxy) is 1. The Bertz CT molecular complexity index is 958. The van der Waals surface area contributed by atoms with E-state index in [2.05, 4.69) is 25.5 Å². The number of piperazine rings is 1. The third kappa shape index (κ3) is 6.00. The molecule has 1 aromatic carbocycles. The van der Waals surface area contributed by atoms with Crippen molar-refractivity contribution in [2.24, 2.45) is 0 Å². The van der Waals surface area contributed by atoms with Gasteiger partial charge < -0.3 is 25.2 Å². The Morgan fingerprint density at radius 2 is 1.73 bits per heavy atom. The van der Waals surface area contributed by atoms with Gasteiger partial charge in [-0.05, 0) is 25.0 Å². The van der Waals surface area contributed by atoms with Gasteiger partial charge in [-0.1, -0.05) is 25.7 Å². The van der Waals surface area contributed by atoms with E-state index in [9.17, 15) is 9.18 Å². The van der Waals surface area contributed by atoms with E-state index >= 15 is 0 Å². The van der Waals surface area contributed by atoms with E-state index in [4.69, 9.17) is 9.72 Å². The van der Waals surface area contributed by atoms with Gasteiger partial charge in [0.25, 0.3) is 0 Å². The number of amides is 1. The van der Waals surface area contributed by atoms with Crippen molar-refractivity contribution in [3.8, 4) is 5.75 Å². The Balaban J connectivity index is 1.57. The Morgan fingerprint density at radius 1 is 1.03 bits per heavy atom. The van der Waals surface area contributed by atoms with E-state index in [0.29, 0.717) is 55.8 Å². The summed E-state index contributed by atoms with van der Waals surface area (Å²) in [6, 6.07) is 4.95. The first-order chi connectivity index (χ1) is 16.0. The van der Waals surface area contributed by atoms with Gasteiger partial charge >= 0.3 is 0 Å². The van der Waals surface area contributed by atoms with Crippen LogP contribution in [0.1, 0.15) is 45.4 Å². The lowest BCUT2D eigenvalue weighted by Gasteiger charge is -2.34. The predicted molar refractivity (Wildman–Crippen MR) is 126 cm³/mol. The van der Waals surface area contributed by atoms with Crippen LogP contribution in [0.3, 0.4) is 0 Å². The van der Waals surface area contributed by atoms with Crippen molar-refractivity contribution >= 4 is 29.4 Å². The molecule has 2 heterocycles. The number of nitrogens with one attached hydrogen (secondary N) is 2. The van der Waals surface area contributed by atoms with Crippen molar-refractivity contribution in [2.45, 2.75) is 51.5 Å². The molecule has 1 saturated heterocycles. The van der Waals surface area contributed by atoms with Crippen molar-refractivity contribution in [1.82, 2.24) is 19.9 Å². The third-order valence-electron chi connectivity index (χ3n) is 6.23. The van der Waals surface area contributed by atoms with Gasteiger partial charge in [0.05, 0.1) is 7.11 Å². The van der Waals surface area contributed by atoms with Crippen molar-refractivity contribution < 1.29 is 13.9 Å². The van der Waals surface area contributed by atoms with E-state index in [1.165, 1.54) is 38.9 Å². The van der Waals surface area contributed by atoms with Gasteiger partial charge in [0, 0.05) is 50.9 Å². The molecule has 2 aromatic rings. The molecular weight excluding hydrogens is 425 g/mol. The Morgan fingerprint density at radius 3 is 2.36 bits per heavy atom. The third-order valence-corrected chi connectivity index (χ3v) is 6.23. The maximum absolute atomic E-state index is 14.2. The zero-order valence-corrected chi connectivity index (χ0v) is 19.3. The van der Waals surface area contributed by atoms with Gasteiger partial charge in [-0.2, -0.15) is 15.0 Å². The number of hydrogen-bond acceptors (Lipinski definition) is 8. The average molecular weight is 458 g/mol. The Hall–Kier alpha value is -3.17. The largest absolute Gasteiger partial charge is 0.494 e. The molecule has 0 spiro atoms. The Kier molecular flexibility index (Phi) is 7.41. The van der Waals surface area contributed by atoms with Crippen LogP contribution in [-0.4, -0.2) is 65.1 Å². The summed E-state index contributed by atoms with van der Waals surface area (Å²) < 4.78 is 19.2. The molecule has 4 rings (SSSR count). The second kappa shape index (κ2) is 10.6. The Labute approximate surface area is 193 Å². The van der Waals surface area contributed by atoms with Crippen LogP contribution in [-0.2, 0) is 4.79 Å². The number of anilines is 4. The molecule has 178 valence electrons. The van der Waals surface area contributed by atoms with Gasteiger partial charge in [0.2, 0.25) is 23.8 Å². The van der Waals surface area contributed by atoms with Gasteiger partial charge in [0.1, 0.15) is 0 Å². The summed E-state index contributed by atoms with van der Waals surface area (Å²) in [4.78, 5) is 29.4. The van der Waals surface area contributed by atoms with Crippen LogP contribution in [0.2, 0.25) is 0 Å². The van der Waals surface area contributed by atoms with Crippen LogP contribution in [0.4, 0.5) is 27.9 Å². The first-order valence-corrected chi connectivity index (χ1v) is 11.7. The number of rotatable bonds is 6. The van der Waals surface area contributed by atoms with Crippen LogP contribution < -0.4 is 20.3 Å². The molecule has 33 heavy (non-hydrogen) atoms. The van der Waals surface area contributed by atoms with Gasteiger partial charge in [-0.25, -0.2) is 4.39 Å². The molecule has 2 N–H and O–H groups in total. The first-order valence-electron chi connectivity index (χ1n) is 11.7. The fourth-order valence-corrected chi connectivity index (χ4v) is 4.33. The van der Waals surface area contributed by atoms with Gasteiger partial charge in [-0.15, -0.1) is 0 Å². The maximum atomic E-state index is 14.2. The van der Waals surface area contributed by atoms with Crippen molar-refractivity contribution in [1.29, 1.82) is 0 Å². The highest BCUT2D eigenvalue weighted by molar-refractivity contribution is 5.73. The van der Waals surface area contributed by atoms with Crippen LogP contribution in [0.15, 0.2) is 18.2 Å². The highest BCUT2D eigenvalue weighted by Gasteiger charge is 2.23. The number of nitrogens with zero attached hydrogens (tertiary/aromatic N) is 5. The minimum Gasteiger partial charge on any atom is -0.494 e. The number of carbonyl (C=O) groups is 1. The first kappa shape index (κ1) is 23.0. The molecule has 1 aliphatic heterocycles. The summed E-state index contributed by atoms with van der Waals surface area (Å²) in [6.45, 7) is 4.12. The predicted octanol–water partition coefficient (Wildman–Crippen LogP) is 3.57. The second-order valence-electron chi connectivity index (χ2n) is 8.58. The van der Waals surface area contributed by atoms with Gasteiger partial charge in [-0.3, -0.25) is 4.79 Å². The lowest BCUT2D eigenvalue weighted by atomic mass is 10.1. The van der Waals surface area contributed by atoms with Crippen LogP contribution in [0.25, 0.3) is 0 Å². The minimum atomic E-state index is -0.464. The average Bonchev–Trinajstić information content (AvgIpc) is 3.08. The highest BCUT2D eigenvalue weighted by atomic mass is 19.1. The van der Waals surface area contributed by atoms with E-state index < -0.39 is 5.82 Å². The van der Waals surface area contributed by atoms with E-state index in [1.807, 2.05) is 4.90 Å². The summed E-state index contributed by atoms with van der Waals surface area (Å²) in [5.74, 6) is 1.18. The van der Waals surface area contributed by atoms with E-state index in [-0.39, 0.29) is 11.7 Å². The molecule has 9 nitrogen and oxygen atoms in total. The molecule has 0 atom stereocenters. The zero-order chi connectivity index (χ0) is 23.2. The number of hydrogen-bond donors (Lipinski definition) is 2. The molecule has 1 saturated carbocycles. The number of carbonyl (C=O) groups excluding carboxylic acids is 1. The van der Waals surface area contributed by atoms with Crippen LogP contribution in [0, 0.1) is 5.82 Å². The summed E-state index contributed by atoms with van der Waals surface area (Å²) in [7, 11) is 1.43. The quantitative estimate of drug-likeness (QED) is 0.636. The maximum Gasteiger partial charge on any atom is 0.233 e. The van der Waals surface area contributed by atoms with Crippen LogP contribution >= 0.6 is 0 Å². The molecule has 1 amide bonds. The number of halogens is 1. The summed E-state index contributed by atoms with van der Waals surface area (Å²) in [5, 5.41) is 6.60. The molecule has 1 aliphatic carbocycles. The topological polar surface area (TPSA) is 95.5 Å². The zero-order valence-electron chi connectivity index (χ0n) is 19.3. The standard InChI is InChI=1S/C23H32FN7O2/c1-16(32)30-11-13-31(14-12-30)23-28-21(25-17-7-5-3-4-6-8-17)27-22(29-23)26-18-9-10-20(33-2)19(24)15-18/h9-10,15,17H,3-8,11-14H2,1-2H3,(H2,25,26,27,28,29). The lowest BCUT2D eigenvalue weighted by molar-refractivity contribution is -0.129.